The Hall–Kier alpha value is -4.13. The summed E-state index contributed by atoms with van der Waals surface area (Å²) in [6, 6.07) is 23.4. The third-order valence-corrected chi connectivity index (χ3v) is 6.27. The maximum absolute atomic E-state index is 13.9. The van der Waals surface area contributed by atoms with Gasteiger partial charge in [0, 0.05) is 25.1 Å². The first-order chi connectivity index (χ1) is 16.0. The van der Waals surface area contributed by atoms with Gasteiger partial charge in [0.15, 0.2) is 0 Å². The third kappa shape index (κ3) is 3.33. The van der Waals surface area contributed by atoms with Crippen molar-refractivity contribution in [1.29, 1.82) is 0 Å². The Balaban J connectivity index is 1.61. The summed E-state index contributed by atoms with van der Waals surface area (Å²) >= 11 is 0. The number of methoxy groups -OCH3 is 1. The lowest BCUT2D eigenvalue weighted by Crippen LogP contribution is -2.69. The Morgan fingerprint density at radius 3 is 2.39 bits per heavy atom. The van der Waals surface area contributed by atoms with E-state index in [-0.39, 0.29) is 31.2 Å². The molecule has 0 spiro atoms. The fraction of sp³-hybridized carbons (Fsp3) is 0.192. The predicted octanol–water partition coefficient (Wildman–Crippen LogP) is 3.81. The van der Waals surface area contributed by atoms with Gasteiger partial charge >= 0.3 is 0 Å². The highest BCUT2D eigenvalue weighted by atomic mass is 16.5. The van der Waals surface area contributed by atoms with E-state index < -0.39 is 11.6 Å². The van der Waals surface area contributed by atoms with Crippen LogP contribution in [0.25, 0.3) is 0 Å². The second kappa shape index (κ2) is 8.09. The van der Waals surface area contributed by atoms with Crippen LogP contribution in [0, 0.1) is 0 Å². The molecule has 2 aliphatic heterocycles. The summed E-state index contributed by atoms with van der Waals surface area (Å²) < 4.78 is 5.19. The van der Waals surface area contributed by atoms with Crippen molar-refractivity contribution in [3.05, 3.63) is 90.0 Å². The fourth-order valence-electron chi connectivity index (χ4n) is 4.68. The van der Waals surface area contributed by atoms with Gasteiger partial charge in [-0.15, -0.1) is 0 Å². The maximum atomic E-state index is 13.9. The molecule has 3 aromatic carbocycles. The Morgan fingerprint density at radius 2 is 1.67 bits per heavy atom. The molecule has 3 aromatic rings. The number of hydrogen-bond acceptors (Lipinski definition) is 4. The monoisotopic (exact) mass is 441 g/mol. The second-order valence-corrected chi connectivity index (χ2v) is 8.12. The van der Waals surface area contributed by atoms with E-state index in [0.29, 0.717) is 22.7 Å². The van der Waals surface area contributed by atoms with E-state index in [1.54, 1.807) is 55.6 Å². The number of anilines is 2. The normalized spacial score (nSPS) is 19.2. The average Bonchev–Trinajstić information content (AvgIpc) is 3.21. The third-order valence-electron chi connectivity index (χ3n) is 6.27. The van der Waals surface area contributed by atoms with Crippen molar-refractivity contribution in [2.45, 2.75) is 25.0 Å². The lowest BCUT2D eigenvalue weighted by atomic mass is 9.94. The van der Waals surface area contributed by atoms with E-state index >= 15 is 0 Å². The molecule has 7 nitrogen and oxygen atoms in total. The van der Waals surface area contributed by atoms with Gasteiger partial charge in [0.1, 0.15) is 5.75 Å². The van der Waals surface area contributed by atoms with Gasteiger partial charge in [0.05, 0.1) is 18.4 Å². The molecule has 33 heavy (non-hydrogen) atoms. The van der Waals surface area contributed by atoms with Crippen molar-refractivity contribution >= 4 is 29.1 Å². The molecule has 1 fully saturated rings. The van der Waals surface area contributed by atoms with Crippen molar-refractivity contribution in [1.82, 2.24) is 4.90 Å². The minimum Gasteiger partial charge on any atom is -0.497 e. The number of carbonyl (C=O) groups excluding carboxylic acids is 3. The topological polar surface area (TPSA) is 79.0 Å². The van der Waals surface area contributed by atoms with E-state index in [4.69, 9.17) is 4.74 Å². The van der Waals surface area contributed by atoms with Crippen molar-refractivity contribution in [3.63, 3.8) is 0 Å². The van der Waals surface area contributed by atoms with Crippen LogP contribution in [0.15, 0.2) is 78.9 Å². The molecule has 2 heterocycles. The minimum absolute atomic E-state index is 0.170. The Labute approximate surface area is 191 Å². The lowest BCUT2D eigenvalue weighted by Gasteiger charge is -2.49. The van der Waals surface area contributed by atoms with Crippen molar-refractivity contribution < 1.29 is 19.1 Å². The van der Waals surface area contributed by atoms with Gasteiger partial charge in [-0.3, -0.25) is 19.3 Å². The summed E-state index contributed by atoms with van der Waals surface area (Å²) in [7, 11) is 1.57. The Kier molecular flexibility index (Phi) is 5.09. The molecule has 7 heteroatoms. The zero-order chi connectivity index (χ0) is 23.0. The Bertz CT molecular complexity index is 1230. The molecule has 0 bridgehead atoms. The summed E-state index contributed by atoms with van der Waals surface area (Å²) in [4.78, 5) is 43.8. The zero-order valence-electron chi connectivity index (χ0n) is 18.2. The van der Waals surface area contributed by atoms with E-state index in [9.17, 15) is 14.4 Å². The largest absolute Gasteiger partial charge is 0.497 e. The summed E-state index contributed by atoms with van der Waals surface area (Å²) in [5.74, 6) is -0.211. The highest BCUT2D eigenvalue weighted by Gasteiger charge is 2.60. The second-order valence-electron chi connectivity index (χ2n) is 8.12. The van der Waals surface area contributed by atoms with Crippen LogP contribution in [-0.4, -0.2) is 35.4 Å². The average molecular weight is 441 g/mol. The molecule has 1 N–H and O–H groups in total. The number of nitrogens with one attached hydrogen (secondary N) is 1. The molecule has 166 valence electrons. The molecule has 0 radical (unpaired) electrons. The first-order valence-corrected chi connectivity index (χ1v) is 10.8. The number of hydrogen-bond donors (Lipinski definition) is 1. The number of nitrogens with zero attached hydrogens (tertiary/aromatic N) is 2. The molecule has 0 aromatic heterocycles. The molecule has 3 amide bonds. The fourth-order valence-corrected chi connectivity index (χ4v) is 4.68. The van der Waals surface area contributed by atoms with Crippen LogP contribution in [0.1, 0.15) is 28.8 Å². The van der Waals surface area contributed by atoms with Crippen LogP contribution in [-0.2, 0) is 16.1 Å². The molecule has 5 rings (SSSR count). The van der Waals surface area contributed by atoms with Gasteiger partial charge in [-0.2, -0.15) is 0 Å². The molecule has 1 unspecified atom stereocenters. The maximum Gasteiger partial charge on any atom is 0.271 e. The van der Waals surface area contributed by atoms with Gasteiger partial charge in [-0.25, -0.2) is 0 Å². The van der Waals surface area contributed by atoms with Gasteiger partial charge in [0.2, 0.25) is 11.6 Å². The lowest BCUT2D eigenvalue weighted by molar-refractivity contribution is -0.129. The summed E-state index contributed by atoms with van der Waals surface area (Å²) in [6.45, 7) is 0.202. The highest BCUT2D eigenvalue weighted by molar-refractivity contribution is 6.18. The number of rotatable bonds is 5. The van der Waals surface area contributed by atoms with Gasteiger partial charge < -0.3 is 15.0 Å². The molecule has 0 aliphatic carbocycles. The standard InChI is InChI=1S/C26H23N3O4/c1-33-20-13-11-19(12-14-20)27-25(32)26-16-15-23(30)29(26)22-10-6-5-9-21(22)24(31)28(26)17-18-7-3-2-4-8-18/h2-14H,15-17H2,1H3,(H,27,32). The van der Waals surface area contributed by atoms with Crippen LogP contribution in [0.4, 0.5) is 11.4 Å². The number of amides is 3. The van der Waals surface area contributed by atoms with Gasteiger partial charge in [-0.05, 0) is 42.0 Å². The quantitative estimate of drug-likeness (QED) is 0.653. The minimum atomic E-state index is -1.46. The zero-order valence-corrected chi connectivity index (χ0v) is 18.2. The first-order valence-electron chi connectivity index (χ1n) is 10.8. The van der Waals surface area contributed by atoms with Crippen LogP contribution >= 0.6 is 0 Å². The summed E-state index contributed by atoms with van der Waals surface area (Å²) in [5, 5.41) is 2.93. The van der Waals surface area contributed by atoms with Crippen LogP contribution in [0.5, 0.6) is 5.75 Å². The van der Waals surface area contributed by atoms with E-state index in [2.05, 4.69) is 5.32 Å². The molecular weight excluding hydrogens is 418 g/mol. The number of fused-ring (bicyclic) bond motifs is 3. The van der Waals surface area contributed by atoms with Crippen molar-refractivity contribution in [2.75, 3.05) is 17.3 Å². The molecule has 0 saturated carbocycles. The first kappa shape index (κ1) is 20.8. The van der Waals surface area contributed by atoms with E-state index in [0.717, 1.165) is 5.56 Å². The van der Waals surface area contributed by atoms with Crippen LogP contribution in [0.3, 0.4) is 0 Å². The summed E-state index contributed by atoms with van der Waals surface area (Å²) in [5.41, 5.74) is 0.857. The molecule has 2 aliphatic rings. The molecular formula is C26H23N3O4. The van der Waals surface area contributed by atoms with Crippen molar-refractivity contribution in [2.24, 2.45) is 0 Å². The summed E-state index contributed by atoms with van der Waals surface area (Å²) in [6.07, 6.45) is 0.379. The number of carbonyl (C=O) groups is 3. The highest BCUT2D eigenvalue weighted by Crippen LogP contribution is 2.45. The van der Waals surface area contributed by atoms with Gasteiger partial charge in [-0.1, -0.05) is 42.5 Å². The Morgan fingerprint density at radius 1 is 0.970 bits per heavy atom. The van der Waals surface area contributed by atoms with Crippen LogP contribution in [0.2, 0.25) is 0 Å². The van der Waals surface area contributed by atoms with E-state index in [1.165, 1.54) is 9.80 Å². The number of benzene rings is 3. The van der Waals surface area contributed by atoms with Crippen molar-refractivity contribution in [3.8, 4) is 5.75 Å². The van der Waals surface area contributed by atoms with Gasteiger partial charge in [0.25, 0.3) is 11.8 Å². The number of para-hydroxylation sites is 1. The smallest absolute Gasteiger partial charge is 0.271 e. The number of ether oxygens (including phenoxy) is 1. The predicted molar refractivity (Wildman–Crippen MR) is 124 cm³/mol. The molecule has 1 saturated heterocycles. The SMILES string of the molecule is COc1ccc(NC(=O)C23CCC(=O)N2c2ccccc2C(=O)N3Cc2ccccc2)cc1. The van der Waals surface area contributed by atoms with Crippen LogP contribution < -0.4 is 15.0 Å². The van der Waals surface area contributed by atoms with E-state index in [1.807, 2.05) is 30.3 Å². The molecule has 1 atom stereocenters.